The molecule has 1 aromatic rings. The molecule has 58 heavy (non-hydrogen) atoms. The van der Waals surface area contributed by atoms with E-state index in [9.17, 15) is 4.79 Å². The average Bonchev–Trinajstić information content (AvgIpc) is 3.70. The summed E-state index contributed by atoms with van der Waals surface area (Å²) in [6, 6.07) is 1.05. The second-order valence-electron chi connectivity index (χ2n) is 18.4. The Balaban J connectivity index is 1.06. The number of hydrogen-bond donors (Lipinski definition) is 0. The van der Waals surface area contributed by atoms with Gasteiger partial charge < -0.3 is 37.9 Å². The van der Waals surface area contributed by atoms with Gasteiger partial charge in [-0.25, -0.2) is 4.98 Å². The van der Waals surface area contributed by atoms with Crippen LogP contribution in [0.2, 0.25) is 0 Å². The highest BCUT2D eigenvalue weighted by Crippen LogP contribution is 2.62. The molecule has 1 aromatic heterocycles. The second-order valence-corrected chi connectivity index (χ2v) is 19.7. The quantitative estimate of drug-likeness (QED) is 0.229. The van der Waals surface area contributed by atoms with Gasteiger partial charge >= 0.3 is 5.97 Å². The second kappa shape index (κ2) is 17.9. The van der Waals surface area contributed by atoms with E-state index in [1.165, 1.54) is 17.7 Å². The standard InChI is InChI=1S/C45H68N2O10S/c1-10-27-12-11-13-35(57-37-17-16-34(23(3)53-37)47(6)26-14-15-26)22(2)40(49)32-20-30-29-18-28(56-45-43(52-9)42(51-8)41(50-7)24(4)54-45)19-33(29)44-39(46-25(5)58-44)38(30)31(32)21-36(48)55-27/h20,22-24,26-31,33-35,37-38,41-43,45H,10-19,21H2,1-9H3/t22-,23?,24?,27+,28+,29+,30+,31-,33-,34+,35+,37+,38-,41+,42?,43?,45+/m1/s1. The van der Waals surface area contributed by atoms with Gasteiger partial charge in [0, 0.05) is 62.0 Å². The molecule has 0 aromatic carbocycles. The van der Waals surface area contributed by atoms with Crippen molar-refractivity contribution in [2.45, 2.75) is 191 Å². The smallest absolute Gasteiger partial charge is 0.306 e. The fraction of sp³-hybridized carbons (Fsp3) is 0.844. The molecule has 5 fully saturated rings. The number of ether oxygens (including phenoxy) is 8. The monoisotopic (exact) mass is 828 g/mol. The molecular weight excluding hydrogens is 761 g/mol. The zero-order valence-electron chi connectivity index (χ0n) is 36.1. The van der Waals surface area contributed by atoms with E-state index in [1.54, 1.807) is 32.7 Å². The van der Waals surface area contributed by atoms with Gasteiger partial charge in [-0.2, -0.15) is 0 Å². The van der Waals surface area contributed by atoms with Gasteiger partial charge in [-0.05, 0) is 109 Å². The molecule has 4 aliphatic carbocycles. The van der Waals surface area contributed by atoms with Crippen LogP contribution >= 0.6 is 11.3 Å². The van der Waals surface area contributed by atoms with Crippen LogP contribution in [0.3, 0.4) is 0 Å². The van der Waals surface area contributed by atoms with Crippen molar-refractivity contribution < 1.29 is 47.5 Å². The molecular formula is C45H68N2O10S. The molecule has 13 heteroatoms. The Morgan fingerprint density at radius 1 is 0.879 bits per heavy atom. The number of esters is 1. The molecule has 3 aliphatic heterocycles. The Hall–Kier alpha value is -1.81. The van der Waals surface area contributed by atoms with E-state index in [0.29, 0.717) is 18.5 Å². The van der Waals surface area contributed by atoms with Crippen LogP contribution < -0.4 is 0 Å². The number of cyclic esters (lactones) is 1. The topological polar surface area (TPSA) is 124 Å². The van der Waals surface area contributed by atoms with Gasteiger partial charge in [0.2, 0.25) is 0 Å². The van der Waals surface area contributed by atoms with Gasteiger partial charge in [0.25, 0.3) is 0 Å². The van der Waals surface area contributed by atoms with Crippen LogP contribution in [0, 0.1) is 30.6 Å². The van der Waals surface area contributed by atoms with E-state index in [0.717, 1.165) is 61.2 Å². The number of rotatable bonds is 10. The van der Waals surface area contributed by atoms with Crippen molar-refractivity contribution in [2.75, 3.05) is 28.4 Å². The average molecular weight is 829 g/mol. The fourth-order valence-electron chi connectivity index (χ4n) is 11.8. The van der Waals surface area contributed by atoms with Gasteiger partial charge in [0.05, 0.1) is 41.5 Å². The van der Waals surface area contributed by atoms with E-state index in [-0.39, 0.29) is 96.8 Å². The minimum Gasteiger partial charge on any atom is -0.462 e. The molecule has 0 N–H and O–H groups in total. The number of allylic oxidation sites excluding steroid dienone is 2. The third-order valence-electron chi connectivity index (χ3n) is 15.0. The highest BCUT2D eigenvalue weighted by atomic mass is 32.1. The maximum atomic E-state index is 15.1. The van der Waals surface area contributed by atoms with E-state index >= 15 is 4.79 Å². The van der Waals surface area contributed by atoms with E-state index < -0.39 is 18.3 Å². The van der Waals surface area contributed by atoms with Crippen LogP contribution in [-0.4, -0.2) is 124 Å². The SMILES string of the molecule is CC[C@H]1CCC[C@H](O[C@H]2CC[C@H](N(C)C3CC3)C(C)O2)[C@@H](C)C(=O)C2=C[C@H]3[C@@H]4C[C@H](O[C@@H]5OC(C)[C@H](OC)C(OC)C5OC)C[C@H]4c4sc(C)nc4[C@H]3[C@@H]2CC(=O)O1. The number of ketones is 1. The van der Waals surface area contributed by atoms with Crippen LogP contribution in [-0.2, 0) is 47.5 Å². The highest BCUT2D eigenvalue weighted by Gasteiger charge is 2.57. The van der Waals surface area contributed by atoms with E-state index in [2.05, 4.69) is 38.8 Å². The fourth-order valence-corrected chi connectivity index (χ4v) is 13.0. The zero-order valence-corrected chi connectivity index (χ0v) is 36.9. The van der Waals surface area contributed by atoms with E-state index in [1.807, 2.05) is 13.8 Å². The molecule has 0 bridgehead atoms. The number of methoxy groups -OCH3 is 3. The van der Waals surface area contributed by atoms with Crippen molar-refractivity contribution in [1.82, 2.24) is 9.88 Å². The lowest BCUT2D eigenvalue weighted by Crippen LogP contribution is -2.59. The maximum absolute atomic E-state index is 15.1. The normalized spacial score (nSPS) is 43.4. The first kappa shape index (κ1) is 42.9. The van der Waals surface area contributed by atoms with Crippen LogP contribution in [0.4, 0.5) is 0 Å². The molecule has 0 amide bonds. The third-order valence-corrected chi connectivity index (χ3v) is 16.1. The van der Waals surface area contributed by atoms with Crippen molar-refractivity contribution >= 4 is 23.1 Å². The molecule has 0 radical (unpaired) electrons. The number of likely N-dealkylation sites (N-methyl/N-ethyl adjacent to an activating group) is 1. The lowest BCUT2D eigenvalue weighted by atomic mass is 9.67. The van der Waals surface area contributed by atoms with E-state index in [4.69, 9.17) is 42.9 Å². The first-order chi connectivity index (χ1) is 27.9. The Bertz CT molecular complexity index is 1650. The molecule has 4 unspecified atom stereocenters. The predicted octanol–water partition coefficient (Wildman–Crippen LogP) is 6.86. The van der Waals surface area contributed by atoms with Crippen molar-refractivity contribution in [2.24, 2.45) is 23.7 Å². The largest absolute Gasteiger partial charge is 0.462 e. The molecule has 7 aliphatic rings. The first-order valence-corrected chi connectivity index (χ1v) is 23.1. The molecule has 8 rings (SSSR count). The number of hydrogen-bond acceptors (Lipinski definition) is 13. The van der Waals surface area contributed by atoms with Crippen LogP contribution in [0.15, 0.2) is 11.6 Å². The zero-order chi connectivity index (χ0) is 41.0. The molecule has 324 valence electrons. The van der Waals surface area contributed by atoms with Crippen molar-refractivity contribution in [3.8, 4) is 0 Å². The van der Waals surface area contributed by atoms with Crippen molar-refractivity contribution in [1.29, 1.82) is 0 Å². The van der Waals surface area contributed by atoms with Crippen molar-refractivity contribution in [3.63, 3.8) is 0 Å². The van der Waals surface area contributed by atoms with Crippen LogP contribution in [0.5, 0.6) is 0 Å². The number of nitrogens with zero attached hydrogens (tertiary/aromatic N) is 2. The van der Waals surface area contributed by atoms with Crippen LogP contribution in [0.25, 0.3) is 0 Å². The summed E-state index contributed by atoms with van der Waals surface area (Å²) < 4.78 is 50.4. The lowest BCUT2D eigenvalue weighted by molar-refractivity contribution is -0.314. The Labute approximate surface area is 349 Å². The van der Waals surface area contributed by atoms with Gasteiger partial charge in [-0.1, -0.05) is 19.9 Å². The summed E-state index contributed by atoms with van der Waals surface area (Å²) >= 11 is 1.75. The van der Waals surface area contributed by atoms with Gasteiger partial charge in [0.15, 0.2) is 18.4 Å². The number of Topliss-reactive ketones (excluding diaryl/α,β-unsaturated/α-hetero) is 1. The number of fused-ring (bicyclic) bond motifs is 8. The summed E-state index contributed by atoms with van der Waals surface area (Å²) in [5.74, 6) is -0.534. The predicted molar refractivity (Wildman–Crippen MR) is 218 cm³/mol. The minimum absolute atomic E-state index is 0.0277. The Morgan fingerprint density at radius 2 is 1.64 bits per heavy atom. The van der Waals surface area contributed by atoms with Crippen molar-refractivity contribution in [3.05, 3.63) is 27.2 Å². The summed E-state index contributed by atoms with van der Waals surface area (Å²) in [6.45, 7) is 10.3. The summed E-state index contributed by atoms with van der Waals surface area (Å²) in [7, 11) is 7.22. The summed E-state index contributed by atoms with van der Waals surface area (Å²) in [6.07, 6.45) is 8.45. The highest BCUT2D eigenvalue weighted by molar-refractivity contribution is 7.11. The number of carbonyl (C=O) groups is 2. The third kappa shape index (κ3) is 8.27. The minimum atomic E-state index is -0.626. The molecule has 2 saturated carbocycles. The Morgan fingerprint density at radius 3 is 2.33 bits per heavy atom. The molecule has 17 atom stereocenters. The number of thiazole rings is 1. The van der Waals surface area contributed by atoms with Gasteiger partial charge in [0.1, 0.15) is 24.4 Å². The van der Waals surface area contributed by atoms with Gasteiger partial charge in [-0.15, -0.1) is 11.3 Å². The van der Waals surface area contributed by atoms with Gasteiger partial charge in [-0.3, -0.25) is 14.5 Å². The first-order valence-electron chi connectivity index (χ1n) is 22.3. The maximum Gasteiger partial charge on any atom is 0.306 e. The number of aryl methyl sites for hydroxylation is 1. The summed E-state index contributed by atoms with van der Waals surface area (Å²) in [5.41, 5.74) is 1.78. The molecule has 3 saturated heterocycles. The molecule has 4 heterocycles. The summed E-state index contributed by atoms with van der Waals surface area (Å²) in [4.78, 5) is 37.9. The number of carbonyl (C=O) groups excluding carboxylic acids is 2. The Kier molecular flexibility index (Phi) is 13.2. The molecule has 12 nitrogen and oxygen atoms in total. The molecule has 0 spiro atoms. The number of aromatic nitrogens is 1. The van der Waals surface area contributed by atoms with Crippen LogP contribution in [0.1, 0.15) is 126 Å². The summed E-state index contributed by atoms with van der Waals surface area (Å²) in [5, 5.41) is 1.00. The lowest BCUT2D eigenvalue weighted by Gasteiger charge is -2.44.